The molecule has 9 saturated heterocycles. The molecular formula is C53H79NO17S. The van der Waals surface area contributed by atoms with E-state index in [2.05, 4.69) is 46.8 Å². The van der Waals surface area contributed by atoms with Gasteiger partial charge in [0.05, 0.1) is 108 Å². The number of aliphatic hydroxyl groups excluding tert-OH is 2. The van der Waals surface area contributed by atoms with Crippen molar-refractivity contribution >= 4 is 22.7 Å². The Kier molecular flexibility index (Phi) is 13.9. The summed E-state index contributed by atoms with van der Waals surface area (Å²) >= 11 is 0. The molecule has 11 rings (SSSR count). The first-order valence-corrected chi connectivity index (χ1v) is 28.4. The van der Waals surface area contributed by atoms with Crippen LogP contribution in [0.25, 0.3) is 0 Å². The van der Waals surface area contributed by atoms with E-state index in [1.807, 2.05) is 13.8 Å². The van der Waals surface area contributed by atoms with Crippen LogP contribution in [-0.2, 0) is 72.5 Å². The topological polar surface area (TPSA) is 239 Å². The maximum absolute atomic E-state index is 12.7. The molecule has 0 amide bonds. The summed E-state index contributed by atoms with van der Waals surface area (Å²) in [6.07, 6.45) is 7.32. The number of esters is 1. The van der Waals surface area contributed by atoms with Crippen molar-refractivity contribution in [2.24, 2.45) is 17.6 Å². The fraction of sp³-hybridized carbons (Fsp3) is 0.887. The summed E-state index contributed by atoms with van der Waals surface area (Å²) in [6, 6.07) is -1.25. The standard InChI is InChI=1S/C53H79NO17S/c1-26-13-33-38(21-51(5)40(64-33)19-37-47(70-51)27(2)14-45(57)66-37)63-32-10-12-50(4)41(67-46(26)32)20-42-52(6,71-50)22-44-49(3,69-42)11-8-9-31-34(65-44)17-36-35(62-31)18-43-53(7,68-36)39(56)16-29(61-43)15-28(23-55)24-72(60)25-30(54)48(58)59/h8-9,14,26,28-44,46-47,55-56H,10-13,15-25,54H2,1-7H3,(H,58,59)/b9-8-/t26-,28-,29-,30+,31-,32+,33+,34+,35+,36-,37+,38-,39+,40-,41+,42-,43-,44-,46-,47-,49+,50-,51+,52+,53+,72+/m1/s1. The van der Waals surface area contributed by atoms with Crippen LogP contribution in [0, 0.1) is 11.8 Å². The van der Waals surface area contributed by atoms with E-state index in [1.54, 1.807) is 0 Å². The molecule has 0 aromatic carbocycles. The first-order chi connectivity index (χ1) is 34.1. The largest absolute Gasteiger partial charge is 0.480 e. The third-order valence-electron chi connectivity index (χ3n) is 19.1. The number of carboxylic acid groups (broad SMARTS) is 1. The molecule has 26 atom stereocenters. The lowest BCUT2D eigenvalue weighted by atomic mass is 9.72. The van der Waals surface area contributed by atoms with Crippen LogP contribution in [0.1, 0.15) is 126 Å². The zero-order valence-electron chi connectivity index (χ0n) is 42.9. The molecule has 0 spiro atoms. The Morgan fingerprint density at radius 2 is 1.51 bits per heavy atom. The highest BCUT2D eigenvalue weighted by Crippen LogP contribution is 2.55. The van der Waals surface area contributed by atoms with Gasteiger partial charge in [-0.1, -0.05) is 19.1 Å². The summed E-state index contributed by atoms with van der Waals surface area (Å²) in [5, 5.41) is 31.0. The highest BCUT2D eigenvalue weighted by Gasteiger charge is 2.64. The molecule has 0 unspecified atom stereocenters. The molecular weight excluding hydrogens is 955 g/mol. The van der Waals surface area contributed by atoms with Gasteiger partial charge in [-0.2, -0.15) is 0 Å². The lowest BCUT2D eigenvalue weighted by Crippen LogP contribution is -2.70. The molecule has 0 radical (unpaired) electrons. The maximum Gasteiger partial charge on any atom is 0.331 e. The van der Waals surface area contributed by atoms with Crippen LogP contribution in [0.15, 0.2) is 23.8 Å². The van der Waals surface area contributed by atoms with Crippen LogP contribution in [0.5, 0.6) is 0 Å². The Morgan fingerprint density at radius 3 is 2.29 bits per heavy atom. The van der Waals surface area contributed by atoms with Gasteiger partial charge >= 0.3 is 11.9 Å². The molecule has 18 nitrogen and oxygen atoms in total. The Bertz CT molecular complexity index is 2170. The molecule has 5 N–H and O–H groups in total. The van der Waals surface area contributed by atoms with Gasteiger partial charge in [0, 0.05) is 79.9 Å². The van der Waals surface area contributed by atoms with Crippen molar-refractivity contribution in [2.45, 2.75) is 263 Å². The van der Waals surface area contributed by atoms with Crippen molar-refractivity contribution < 1.29 is 81.2 Å². The van der Waals surface area contributed by atoms with Crippen molar-refractivity contribution in [3.8, 4) is 0 Å². The van der Waals surface area contributed by atoms with E-state index in [0.29, 0.717) is 51.4 Å². The SMILES string of the molecule is CC1=CC(=O)O[C@H]2C[C@H]3O[C@H]4C[C@@H](C)[C@H]5O[C@H]6C[C@H]7O[C@@]8(C)C/C=C\[C@H]9O[C@H]%10C[C@H]%11O[C@H](C[C@H](CO)C[S@](=O)C[C@H](N)C(=O)O)C[C@H](O)[C@]%11(C)O[C@@H]%10C[C@@H]9O[C@@H]8C[C@]7(C)O[C@]6(C)CC[C@@H]5O[C@@H]4C[C@]3(C)O[C@H]12. The number of rotatable bonds is 8. The molecule has 0 bridgehead atoms. The number of nitrogens with two attached hydrogens (primary N) is 1. The zero-order valence-corrected chi connectivity index (χ0v) is 43.7. The van der Waals surface area contributed by atoms with Crippen LogP contribution in [-0.4, -0.2) is 187 Å². The number of carbonyl (C=O) groups is 2. The van der Waals surface area contributed by atoms with E-state index >= 15 is 0 Å². The van der Waals surface area contributed by atoms with E-state index in [1.165, 1.54) is 6.08 Å². The first kappa shape index (κ1) is 52.1. The monoisotopic (exact) mass is 1030 g/mol. The zero-order chi connectivity index (χ0) is 50.9. The Labute approximate surface area is 425 Å². The van der Waals surface area contributed by atoms with Gasteiger partial charge in [0.15, 0.2) is 0 Å². The Balaban J connectivity index is 0.740. The molecule has 11 aliphatic rings. The summed E-state index contributed by atoms with van der Waals surface area (Å²) in [6.45, 7) is 14.4. The average molecular weight is 1030 g/mol. The van der Waals surface area contributed by atoms with Gasteiger partial charge in [-0.05, 0) is 91.1 Å². The number of aliphatic hydroxyl groups is 2. The maximum atomic E-state index is 12.7. The summed E-state index contributed by atoms with van der Waals surface area (Å²) in [5.41, 5.74) is 2.93. The molecule has 72 heavy (non-hydrogen) atoms. The second kappa shape index (κ2) is 19.2. The number of hydrogen-bond donors (Lipinski definition) is 4. The fourth-order valence-electron chi connectivity index (χ4n) is 14.8. The molecule has 0 aromatic rings. The van der Waals surface area contributed by atoms with Crippen LogP contribution in [0.2, 0.25) is 0 Å². The molecule has 9 fully saturated rings. The summed E-state index contributed by atoms with van der Waals surface area (Å²) in [4.78, 5) is 23.5. The van der Waals surface area contributed by atoms with Crippen molar-refractivity contribution in [2.75, 3.05) is 18.1 Å². The van der Waals surface area contributed by atoms with E-state index in [-0.39, 0.29) is 122 Å². The number of carboxylic acids is 1. The van der Waals surface area contributed by atoms with Gasteiger partial charge in [-0.25, -0.2) is 4.79 Å². The fourth-order valence-corrected chi connectivity index (χ4v) is 16.3. The van der Waals surface area contributed by atoms with Crippen LogP contribution >= 0.6 is 0 Å². The van der Waals surface area contributed by atoms with Gasteiger partial charge in [-0.3, -0.25) is 9.00 Å². The van der Waals surface area contributed by atoms with E-state index in [9.17, 15) is 24.0 Å². The van der Waals surface area contributed by atoms with Crippen LogP contribution in [0.4, 0.5) is 0 Å². The molecule has 19 heteroatoms. The molecule has 0 saturated carbocycles. The number of fused-ring (bicyclic) bond motifs is 10. The average Bonchev–Trinajstić information content (AvgIpc) is 3.51. The first-order valence-electron chi connectivity index (χ1n) is 26.9. The highest BCUT2D eigenvalue weighted by molar-refractivity contribution is 7.85. The quantitative estimate of drug-likeness (QED) is 0.201. The predicted molar refractivity (Wildman–Crippen MR) is 257 cm³/mol. The Morgan fingerprint density at radius 1 is 0.764 bits per heavy atom. The summed E-state index contributed by atoms with van der Waals surface area (Å²) in [5.74, 6) is -1.96. The van der Waals surface area contributed by atoms with E-state index in [0.717, 1.165) is 24.8 Å². The number of ether oxygens (including phenoxy) is 11. The van der Waals surface area contributed by atoms with Crippen molar-refractivity contribution in [3.05, 3.63) is 23.8 Å². The molecule has 404 valence electrons. The van der Waals surface area contributed by atoms with Crippen molar-refractivity contribution in [1.29, 1.82) is 0 Å². The number of aliphatic carboxylic acids is 1. The van der Waals surface area contributed by atoms with Gasteiger partial charge in [0.2, 0.25) is 0 Å². The van der Waals surface area contributed by atoms with Gasteiger partial charge in [-0.15, -0.1) is 0 Å². The second-order valence-corrected chi connectivity index (χ2v) is 26.3. The highest BCUT2D eigenvalue weighted by atomic mass is 32.2. The number of carbonyl (C=O) groups excluding carboxylic acids is 1. The minimum atomic E-state index is -1.55. The summed E-state index contributed by atoms with van der Waals surface area (Å²) in [7, 11) is -1.55. The predicted octanol–water partition coefficient (Wildman–Crippen LogP) is 3.49. The van der Waals surface area contributed by atoms with Gasteiger partial charge in [0.25, 0.3) is 0 Å². The third kappa shape index (κ3) is 9.44. The lowest BCUT2D eigenvalue weighted by molar-refractivity contribution is -0.356. The smallest absolute Gasteiger partial charge is 0.331 e. The molecule has 11 heterocycles. The van der Waals surface area contributed by atoms with Crippen LogP contribution in [0.3, 0.4) is 0 Å². The second-order valence-electron chi connectivity index (χ2n) is 24.7. The molecule has 0 aliphatic carbocycles. The van der Waals surface area contributed by atoms with Crippen molar-refractivity contribution in [3.63, 3.8) is 0 Å². The minimum absolute atomic E-state index is 0.0772. The summed E-state index contributed by atoms with van der Waals surface area (Å²) < 4.78 is 88.7. The number of hydrogen-bond acceptors (Lipinski definition) is 17. The van der Waals surface area contributed by atoms with Gasteiger partial charge in [0.1, 0.15) is 30.0 Å². The van der Waals surface area contributed by atoms with Crippen molar-refractivity contribution in [1.82, 2.24) is 0 Å². The normalized spacial score (nSPS) is 53.4. The van der Waals surface area contributed by atoms with E-state index in [4.69, 9.17) is 62.9 Å². The lowest BCUT2D eigenvalue weighted by Gasteiger charge is -2.60. The third-order valence-corrected chi connectivity index (χ3v) is 20.6. The molecule has 0 aromatic heterocycles. The molecule has 11 aliphatic heterocycles. The Hall–Kier alpha value is -1.95. The van der Waals surface area contributed by atoms with Gasteiger partial charge < -0.3 is 73.2 Å². The van der Waals surface area contributed by atoms with E-state index < -0.39 is 75.0 Å². The minimum Gasteiger partial charge on any atom is -0.480 e. The van der Waals surface area contributed by atoms with Crippen LogP contribution < -0.4 is 5.73 Å².